The van der Waals surface area contributed by atoms with Crippen molar-refractivity contribution in [1.29, 1.82) is 5.72 Å². The maximum Gasteiger partial charge on any atom is 0.555 e. The Morgan fingerprint density at radius 2 is 1.91 bits per heavy atom. The van der Waals surface area contributed by atoms with Gasteiger partial charge >= 0.3 is 8.83 Å². The second-order valence-electron chi connectivity index (χ2n) is 8.22. The molecule has 0 saturated carbocycles. The molecule has 0 aliphatic carbocycles. The minimum absolute atomic E-state index is 0. The van der Waals surface area contributed by atoms with Crippen LogP contribution in [0.25, 0.3) is 29.9 Å². The fourth-order valence-corrected chi connectivity index (χ4v) is 4.02. The van der Waals surface area contributed by atoms with Crippen LogP contribution in [0.15, 0.2) is 42.5 Å². The largest absolute Gasteiger partial charge is 0.593 e. The Morgan fingerprint density at radius 1 is 1.09 bits per heavy atom. The first-order chi connectivity index (χ1) is 18.6. The van der Waals surface area contributed by atoms with Gasteiger partial charge in [-0.1, -0.05) is 12.1 Å². The number of nitrogens with zero attached hydrogens (tertiary/aromatic N) is 3. The number of aromatic hydroxyl groups is 1. The zero-order valence-electron chi connectivity index (χ0n) is 25.0. The molecule has 224 valence electrons. The van der Waals surface area contributed by atoms with Crippen LogP contribution in [0.4, 0.5) is 0 Å². The maximum absolute atomic E-state index is 12.0. The molecule has 0 aliphatic rings. The quantitative estimate of drug-likeness (QED) is 0.252. The summed E-state index contributed by atoms with van der Waals surface area (Å²) in [5, 5.41) is 15.2. The lowest BCUT2D eigenvalue weighted by Crippen LogP contribution is -2.05. The summed E-state index contributed by atoms with van der Waals surface area (Å²) in [5.74, 6) is 0.397. The lowest BCUT2D eigenvalue weighted by atomic mass is 9.97. The summed E-state index contributed by atoms with van der Waals surface area (Å²) in [4.78, 5) is 16.8. The molecule has 1 heterocycles. The molecule has 0 fully saturated rings. The number of aromatic carboxylic acids is 1. The van der Waals surface area contributed by atoms with Crippen LogP contribution in [-0.2, 0) is 0 Å². The average Bonchev–Trinajstić information content (AvgIpc) is 3.36. The van der Waals surface area contributed by atoms with Crippen molar-refractivity contribution in [3.05, 3.63) is 75.8 Å². The van der Waals surface area contributed by atoms with E-state index in [4.69, 9.17) is 23.9 Å². The maximum atomic E-state index is 12.0. The van der Waals surface area contributed by atoms with Crippen LogP contribution >= 0.6 is 0 Å². The van der Waals surface area contributed by atoms with Crippen LogP contribution in [0, 0.1) is 34.6 Å². The van der Waals surface area contributed by atoms with Crippen molar-refractivity contribution in [1.82, 2.24) is 14.8 Å². The van der Waals surface area contributed by atoms with Crippen molar-refractivity contribution in [2.24, 2.45) is 0 Å². The van der Waals surface area contributed by atoms with Crippen molar-refractivity contribution >= 4 is 5.97 Å². The Bertz CT molecular complexity index is 1570. The van der Waals surface area contributed by atoms with Gasteiger partial charge < -0.3 is 15.3 Å². The molecule has 0 spiro atoms. The van der Waals surface area contributed by atoms with Gasteiger partial charge in [0, 0.05) is 47.6 Å². The van der Waals surface area contributed by atoms with E-state index in [1.54, 1.807) is 48.0 Å². The van der Waals surface area contributed by atoms with Gasteiger partial charge in [-0.15, -0.1) is 5.10 Å². The molecule has 4 rings (SSSR count). The number of benzene rings is 3. The molecule has 33 heavy (non-hydrogen) atoms. The molecule has 1 aromatic heterocycles. The highest BCUT2D eigenvalue weighted by molar-refractivity contribution is 5.89. The Hall–Kier alpha value is -4.13. The van der Waals surface area contributed by atoms with E-state index in [-0.39, 0.29) is 61.4 Å². The van der Waals surface area contributed by atoms with E-state index in [0.717, 1.165) is 22.3 Å². The number of phenolic OH excluding ortho intramolecular Hbond substituents is 1. The summed E-state index contributed by atoms with van der Waals surface area (Å²) in [6, 6.07) is 11.9. The molecule has 7 nitrogen and oxygen atoms in total. The van der Waals surface area contributed by atoms with Gasteiger partial charge in [0.05, 0.1) is 16.8 Å². The highest BCUT2D eigenvalue weighted by Crippen LogP contribution is 2.38. The van der Waals surface area contributed by atoms with E-state index >= 15 is 0 Å². The van der Waals surface area contributed by atoms with Crippen LogP contribution in [-0.4, -0.2) is 40.4 Å². The molecular weight excluding hydrogens is 418 g/mol. The van der Waals surface area contributed by atoms with Gasteiger partial charge in [0.2, 0.25) is 0 Å². The van der Waals surface area contributed by atoms with E-state index in [2.05, 4.69) is 5.11 Å². The third-order valence-electron chi connectivity index (χ3n) is 6.09. The van der Waals surface area contributed by atoms with E-state index in [1.165, 1.54) is 5.11 Å². The summed E-state index contributed by atoms with van der Waals surface area (Å²) in [6.07, 6.45) is 0. The first kappa shape index (κ1) is 16.5. The van der Waals surface area contributed by atoms with Crippen molar-refractivity contribution in [3.8, 4) is 40.0 Å². The smallest absolute Gasteiger partial charge is 0.555 e. The van der Waals surface area contributed by atoms with E-state index in [1.807, 2.05) is 33.8 Å². The summed E-state index contributed by atoms with van der Waals surface area (Å²) in [7, 11) is 0. The topological polar surface area (TPSA) is 111 Å². The van der Waals surface area contributed by atoms with E-state index in [0.29, 0.717) is 28.2 Å². The van der Waals surface area contributed by atoms with E-state index in [9.17, 15) is 4.79 Å². The van der Waals surface area contributed by atoms with Gasteiger partial charge in [0.1, 0.15) is 11.3 Å². The van der Waals surface area contributed by atoms with Gasteiger partial charge in [-0.2, -0.15) is 0 Å². The lowest BCUT2D eigenvalue weighted by molar-refractivity contribution is 0.0696. The molecular formula is C26H82N3O4+. The third-order valence-corrected chi connectivity index (χ3v) is 6.09. The number of phenols is 1. The van der Waals surface area contributed by atoms with Crippen molar-refractivity contribution in [2.45, 2.75) is 34.6 Å². The highest BCUT2D eigenvalue weighted by atomic mass is 16.4. The first-order valence-corrected chi connectivity index (χ1v) is 10.4. The molecule has 0 saturated heterocycles. The zero-order chi connectivity index (χ0) is 29.0. The normalized spacial score (nSPS) is 12.6. The molecule has 7 heteroatoms. The molecule has 0 atom stereocenters. The number of hydrogen-bond acceptors (Lipinski definition) is 5. The van der Waals surface area contributed by atoms with Crippen LogP contribution in [0.5, 0.6) is 11.5 Å². The third kappa shape index (κ3) is 3.71. The molecule has 3 aromatic carbocycles. The monoisotopic (exact) mass is 507 g/mol. The lowest BCUT2D eigenvalue weighted by Gasteiger charge is -2.13. The molecule has 0 unspecified atom stereocenters. The van der Waals surface area contributed by atoms with Crippen LogP contribution in [0.3, 0.4) is 0 Å². The molecule has 0 radical (unpaired) electrons. The Kier molecular flexibility index (Phi) is 4.04. The SMILES string of the molecule is [2H]OC(=O)c1ccc(-n2nc(-c3c(C)cccc3O[2H])nc2-c2c([O+]([2H])[2H])cc(C)c(C)c2C)cc1C.[2H][2H].[HH].[HH].[HH].[HH].[HH].[HH].[HH].[HH].[HH].[HH].[HH].[HH].[HH].[HH].[HH].[HH].[HH].[HH].[HH].[HH].[HH].[HH].[HH].[HH].[HH].[HH].[HH]. The van der Waals surface area contributed by atoms with Crippen molar-refractivity contribution < 1.29 is 61.6 Å². The van der Waals surface area contributed by atoms with Gasteiger partial charge in [-0.05, 0) is 86.7 Å². The van der Waals surface area contributed by atoms with Crippen LogP contribution in [0.2, 0.25) is 0 Å². The van der Waals surface area contributed by atoms with Gasteiger partial charge in [-0.25, -0.2) is 14.5 Å². The Balaban J connectivity index is -0.0000000249. The molecule has 0 bridgehead atoms. The first-order valence-electron chi connectivity index (χ1n) is 13.1. The fraction of sp³-hybridized carbons (Fsp3) is 0.192. The predicted molar refractivity (Wildman–Crippen MR) is 187 cm³/mol. The fourth-order valence-electron chi connectivity index (χ4n) is 4.02. The minimum atomic E-state index is -0.775. The van der Waals surface area contributed by atoms with Gasteiger partial charge in [0.15, 0.2) is 11.6 Å². The molecule has 0 amide bonds. The number of carboxylic acid groups (broad SMARTS) is 1. The number of hydrogen-bond donors (Lipinski definition) is 2. The van der Waals surface area contributed by atoms with Gasteiger partial charge in [0.25, 0.3) is 8.61 Å². The Labute approximate surface area is 240 Å². The van der Waals surface area contributed by atoms with Gasteiger partial charge in [-0.3, -0.25) is 0 Å². The van der Waals surface area contributed by atoms with E-state index < -0.39 is 5.97 Å². The second-order valence-corrected chi connectivity index (χ2v) is 8.22. The highest BCUT2D eigenvalue weighted by Gasteiger charge is 2.25. The standard InChI is InChI=1S/C26H25N3O4.28H2/c1-13-7-6-8-20(30)22(13)24-27-25(23-17(5)16(4)14(2)12-21(23)31)29(28-24)18-9-10-19(26(32)33)15(3)11-18;;;;;;;;;;;;;;;;;;;;;;;;;;;;/h6-12,30-31H,1-5H3,(H,32,33);28*1H/p+1/i;1+1D;;;;;;;;;;;;;;;;;;;;;;;;;;;/hD4. The van der Waals surface area contributed by atoms with Crippen molar-refractivity contribution in [2.75, 3.05) is 0 Å². The summed E-state index contributed by atoms with van der Waals surface area (Å²) in [5.41, 5.74) is 5.94. The summed E-state index contributed by atoms with van der Waals surface area (Å²) in [6.45, 7) is 9.35. The molecule has 4 aromatic rings. The van der Waals surface area contributed by atoms with Crippen molar-refractivity contribution in [3.63, 3.8) is 0 Å². The number of carboxylic acids is 1. The summed E-state index contributed by atoms with van der Waals surface area (Å²) < 4.78 is 42.0. The average molecular weight is 507 g/mol. The molecule has 4 N–H and O–H groups in total. The predicted octanol–water partition coefficient (Wildman–Crippen LogP) is 11.9. The van der Waals surface area contributed by atoms with Crippen LogP contribution in [0.1, 0.15) is 79.7 Å². The Morgan fingerprint density at radius 3 is 2.61 bits per heavy atom. The molecule has 0 aliphatic heterocycles. The number of aromatic nitrogens is 3. The second kappa shape index (κ2) is 8.09. The zero-order valence-corrected chi connectivity index (χ0v) is 19.0. The summed E-state index contributed by atoms with van der Waals surface area (Å²) >= 11 is 0. The van der Waals surface area contributed by atoms with Crippen LogP contribution < -0.4 is 0 Å². The number of aryl methyl sites for hydroxylation is 3. The number of rotatable bonds is 6. The number of carbonyl (C=O) groups is 1. The minimum Gasteiger partial charge on any atom is -0.593 e.